The number of aromatic nitrogens is 4. The molecule has 7 heteroatoms. The first-order valence-electron chi connectivity index (χ1n) is 5.54. The molecular formula is C12H9ClN4O2. The third-order valence-electron chi connectivity index (χ3n) is 2.75. The smallest absolute Gasteiger partial charge is 0.309 e. The minimum Gasteiger partial charge on any atom is -0.309 e. The van der Waals surface area contributed by atoms with E-state index >= 15 is 0 Å². The summed E-state index contributed by atoms with van der Waals surface area (Å²) in [7, 11) is 0. The molecule has 0 unspecified atom stereocenters. The Morgan fingerprint density at radius 2 is 1.84 bits per heavy atom. The molecule has 0 radical (unpaired) electrons. The number of rotatable bonds is 1. The molecule has 2 N–H and O–H groups in total. The van der Waals surface area contributed by atoms with Crippen molar-refractivity contribution in [2.45, 2.75) is 6.92 Å². The van der Waals surface area contributed by atoms with Crippen molar-refractivity contribution in [1.29, 1.82) is 0 Å². The zero-order chi connectivity index (χ0) is 13.6. The number of imidazole rings is 1. The summed E-state index contributed by atoms with van der Waals surface area (Å²) in [6, 6.07) is 6.63. The van der Waals surface area contributed by atoms with E-state index in [1.165, 1.54) is 4.57 Å². The van der Waals surface area contributed by atoms with Crippen LogP contribution >= 0.6 is 11.6 Å². The normalized spacial score (nSPS) is 11.1. The molecule has 0 aliphatic rings. The lowest BCUT2D eigenvalue weighted by molar-refractivity contribution is 1.00. The largest absolute Gasteiger partial charge is 0.332 e. The van der Waals surface area contributed by atoms with Crippen LogP contribution in [-0.2, 0) is 0 Å². The molecule has 0 bridgehead atoms. The van der Waals surface area contributed by atoms with Gasteiger partial charge < -0.3 is 4.98 Å². The van der Waals surface area contributed by atoms with Crippen molar-refractivity contribution in [2.75, 3.05) is 0 Å². The van der Waals surface area contributed by atoms with Crippen LogP contribution in [0.2, 0.25) is 5.02 Å². The number of H-pyrrole nitrogens is 2. The minimum atomic E-state index is -0.416. The summed E-state index contributed by atoms with van der Waals surface area (Å²) in [5.74, 6) is 0.446. The third-order valence-corrected chi connectivity index (χ3v) is 3.00. The number of nitrogens with zero attached hydrogens (tertiary/aromatic N) is 2. The van der Waals surface area contributed by atoms with Crippen molar-refractivity contribution >= 4 is 22.8 Å². The van der Waals surface area contributed by atoms with Crippen LogP contribution in [0.4, 0.5) is 0 Å². The highest BCUT2D eigenvalue weighted by atomic mass is 35.5. The lowest BCUT2D eigenvalue weighted by Crippen LogP contribution is -2.19. The summed E-state index contributed by atoms with van der Waals surface area (Å²) in [5.41, 5.74) is 0.229. The maximum absolute atomic E-state index is 12.0. The van der Waals surface area contributed by atoms with Crippen LogP contribution in [0.25, 0.3) is 16.9 Å². The second-order valence-electron chi connectivity index (χ2n) is 4.09. The van der Waals surface area contributed by atoms with Crippen molar-refractivity contribution in [3.63, 3.8) is 0 Å². The second kappa shape index (κ2) is 4.10. The number of hydrogen-bond acceptors (Lipinski definition) is 3. The Hall–Kier alpha value is -2.34. The highest BCUT2D eigenvalue weighted by Crippen LogP contribution is 2.14. The Bertz CT molecular complexity index is 873. The minimum absolute atomic E-state index is 0.193. The van der Waals surface area contributed by atoms with Gasteiger partial charge in [0.05, 0.1) is 5.69 Å². The molecule has 3 aromatic rings. The first-order chi connectivity index (χ1) is 9.06. The van der Waals surface area contributed by atoms with Crippen molar-refractivity contribution in [1.82, 2.24) is 19.5 Å². The fraction of sp³-hybridized carbons (Fsp3) is 0.0833. The van der Waals surface area contributed by atoms with E-state index in [4.69, 9.17) is 11.6 Å². The Morgan fingerprint density at radius 3 is 2.53 bits per heavy atom. The summed E-state index contributed by atoms with van der Waals surface area (Å²) in [6.07, 6.45) is 0. The monoisotopic (exact) mass is 276 g/mol. The zero-order valence-corrected chi connectivity index (χ0v) is 10.7. The lowest BCUT2D eigenvalue weighted by Gasteiger charge is -2.02. The van der Waals surface area contributed by atoms with E-state index in [1.807, 2.05) is 0 Å². The molecule has 0 amide bonds. The summed E-state index contributed by atoms with van der Waals surface area (Å²) in [5, 5.41) is 0.555. The van der Waals surface area contributed by atoms with E-state index in [2.05, 4.69) is 15.0 Å². The van der Waals surface area contributed by atoms with E-state index in [0.717, 1.165) is 0 Å². The molecule has 2 aromatic heterocycles. The van der Waals surface area contributed by atoms with Gasteiger partial charge >= 0.3 is 5.69 Å². The number of hydrogen-bond donors (Lipinski definition) is 2. The van der Waals surface area contributed by atoms with E-state index in [9.17, 15) is 9.59 Å². The molecule has 3 rings (SSSR count). The van der Waals surface area contributed by atoms with Gasteiger partial charge in [0.25, 0.3) is 5.56 Å². The van der Waals surface area contributed by atoms with Crippen LogP contribution in [0.3, 0.4) is 0 Å². The van der Waals surface area contributed by atoms with Crippen molar-refractivity contribution in [3.05, 3.63) is 56.0 Å². The number of benzene rings is 1. The van der Waals surface area contributed by atoms with Crippen molar-refractivity contribution < 1.29 is 0 Å². The van der Waals surface area contributed by atoms with Gasteiger partial charge in [0.2, 0.25) is 0 Å². The number of fused-ring (bicyclic) bond motifs is 1. The van der Waals surface area contributed by atoms with E-state index in [0.29, 0.717) is 16.5 Å². The average Bonchev–Trinajstić information content (AvgIpc) is 2.66. The fourth-order valence-electron chi connectivity index (χ4n) is 1.97. The van der Waals surface area contributed by atoms with Gasteiger partial charge in [-0.3, -0.25) is 14.3 Å². The van der Waals surface area contributed by atoms with E-state index in [1.54, 1.807) is 31.2 Å². The van der Waals surface area contributed by atoms with Crippen LogP contribution in [0.5, 0.6) is 0 Å². The van der Waals surface area contributed by atoms with Gasteiger partial charge in [-0.2, -0.15) is 0 Å². The van der Waals surface area contributed by atoms with Crippen LogP contribution in [0, 0.1) is 6.92 Å². The quantitative estimate of drug-likeness (QED) is 0.704. The summed E-state index contributed by atoms with van der Waals surface area (Å²) in [4.78, 5) is 33.2. The van der Waals surface area contributed by atoms with Gasteiger partial charge in [-0.25, -0.2) is 9.78 Å². The van der Waals surface area contributed by atoms with Gasteiger partial charge in [0.15, 0.2) is 11.2 Å². The highest BCUT2D eigenvalue weighted by Gasteiger charge is 2.13. The molecule has 96 valence electrons. The second-order valence-corrected chi connectivity index (χ2v) is 4.53. The Labute approximate surface area is 111 Å². The lowest BCUT2D eigenvalue weighted by atomic mass is 10.3. The molecule has 0 saturated carbocycles. The molecule has 0 aliphatic carbocycles. The fourth-order valence-corrected chi connectivity index (χ4v) is 2.10. The van der Waals surface area contributed by atoms with Gasteiger partial charge in [0.1, 0.15) is 5.82 Å². The van der Waals surface area contributed by atoms with Crippen LogP contribution in [-0.4, -0.2) is 19.5 Å². The van der Waals surface area contributed by atoms with Gasteiger partial charge in [-0.05, 0) is 31.2 Å². The highest BCUT2D eigenvalue weighted by molar-refractivity contribution is 6.30. The van der Waals surface area contributed by atoms with Gasteiger partial charge in [0, 0.05) is 5.02 Å². The molecule has 1 aromatic carbocycles. The van der Waals surface area contributed by atoms with Crippen molar-refractivity contribution in [2.24, 2.45) is 0 Å². The van der Waals surface area contributed by atoms with Gasteiger partial charge in [-0.1, -0.05) is 11.6 Å². The summed E-state index contributed by atoms with van der Waals surface area (Å²) in [6.45, 7) is 1.65. The third kappa shape index (κ3) is 1.86. The SMILES string of the molecule is Cc1nc2[nH]c(=O)n(-c3ccc(Cl)cc3)c2c(=O)[nH]1. The van der Waals surface area contributed by atoms with E-state index in [-0.39, 0.29) is 16.7 Å². The maximum Gasteiger partial charge on any atom is 0.332 e. The van der Waals surface area contributed by atoms with E-state index < -0.39 is 5.69 Å². The molecule has 0 saturated heterocycles. The molecule has 0 fully saturated rings. The summed E-state index contributed by atoms with van der Waals surface area (Å²) < 4.78 is 1.27. The first-order valence-corrected chi connectivity index (χ1v) is 5.91. The topological polar surface area (TPSA) is 83.5 Å². The van der Waals surface area contributed by atoms with Gasteiger partial charge in [-0.15, -0.1) is 0 Å². The van der Waals surface area contributed by atoms with Crippen LogP contribution in [0.1, 0.15) is 5.82 Å². The van der Waals surface area contributed by atoms with Crippen LogP contribution in [0.15, 0.2) is 33.9 Å². The Morgan fingerprint density at radius 1 is 1.16 bits per heavy atom. The molecule has 6 nitrogen and oxygen atoms in total. The molecule has 0 spiro atoms. The number of nitrogens with one attached hydrogen (secondary N) is 2. The maximum atomic E-state index is 12.0. The van der Waals surface area contributed by atoms with Crippen LogP contribution < -0.4 is 11.2 Å². The standard InChI is InChI=1S/C12H9ClN4O2/c1-6-14-10-9(11(18)15-6)17(12(19)16-10)8-4-2-7(13)3-5-8/h2-5H,1H3,(H2,14,15,16,18,19). The molecule has 0 aliphatic heterocycles. The summed E-state index contributed by atoms with van der Waals surface area (Å²) >= 11 is 5.81. The molecule has 19 heavy (non-hydrogen) atoms. The predicted octanol–water partition coefficient (Wildman–Crippen LogP) is 1.36. The number of halogens is 1. The first kappa shape index (κ1) is 11.7. The van der Waals surface area contributed by atoms with Crippen molar-refractivity contribution in [3.8, 4) is 5.69 Å². The number of aryl methyl sites for hydroxylation is 1. The molecule has 2 heterocycles. The zero-order valence-electron chi connectivity index (χ0n) is 9.90. The Balaban J connectivity index is 2.41. The molecule has 0 atom stereocenters. The Kier molecular flexibility index (Phi) is 2.53. The molecular weight excluding hydrogens is 268 g/mol. The predicted molar refractivity (Wildman–Crippen MR) is 72.1 cm³/mol. The number of aromatic amines is 2. The average molecular weight is 277 g/mol.